The highest BCUT2D eigenvalue weighted by atomic mass is 32.2. The molecule has 12 heteroatoms. The Morgan fingerprint density at radius 2 is 2.03 bits per heavy atom. The van der Waals surface area contributed by atoms with Crippen LogP contribution in [0.4, 0.5) is 4.79 Å². The van der Waals surface area contributed by atoms with Crippen LogP contribution < -0.4 is 0 Å². The van der Waals surface area contributed by atoms with Crippen molar-refractivity contribution in [2.75, 3.05) is 19.5 Å². The third-order valence-electron chi connectivity index (χ3n) is 6.99. The molecule has 36 heavy (non-hydrogen) atoms. The van der Waals surface area contributed by atoms with E-state index in [1.807, 2.05) is 23.8 Å². The van der Waals surface area contributed by atoms with E-state index in [4.69, 9.17) is 9.47 Å². The molecular weight excluding hydrogens is 506 g/mol. The number of aliphatic hydroxyl groups excluding tert-OH is 1. The quantitative estimate of drug-likeness (QED) is 0.190. The van der Waals surface area contributed by atoms with Crippen LogP contribution in [0, 0.1) is 11.3 Å². The molecule has 4 rings (SSSR count). The summed E-state index contributed by atoms with van der Waals surface area (Å²) in [6, 6.07) is -0.574. The lowest BCUT2D eigenvalue weighted by molar-refractivity contribution is -0.167. The van der Waals surface area contributed by atoms with Crippen molar-refractivity contribution in [1.29, 1.82) is 0 Å². The van der Waals surface area contributed by atoms with Gasteiger partial charge in [-0.15, -0.1) is 23.1 Å². The Labute approximate surface area is 217 Å². The lowest BCUT2D eigenvalue weighted by atomic mass is 9.66. The van der Waals surface area contributed by atoms with Gasteiger partial charge in [0, 0.05) is 17.2 Å². The van der Waals surface area contributed by atoms with Crippen LogP contribution in [0.3, 0.4) is 0 Å². The van der Waals surface area contributed by atoms with Gasteiger partial charge in [-0.1, -0.05) is 26.7 Å². The summed E-state index contributed by atoms with van der Waals surface area (Å²) in [4.78, 5) is 44.8. The second-order valence-corrected chi connectivity index (χ2v) is 11.2. The zero-order valence-corrected chi connectivity index (χ0v) is 22.4. The summed E-state index contributed by atoms with van der Waals surface area (Å²) in [5.41, 5.74) is -0.478. The summed E-state index contributed by atoms with van der Waals surface area (Å²) in [6.07, 6.45) is 6.64. The lowest BCUT2D eigenvalue weighted by Crippen LogP contribution is -2.66. The Morgan fingerprint density at radius 1 is 1.31 bits per heavy atom. The Morgan fingerprint density at radius 3 is 2.67 bits per heavy atom. The zero-order chi connectivity index (χ0) is 26.2. The average molecular weight is 538 g/mol. The second-order valence-electron chi connectivity index (χ2n) is 9.33. The van der Waals surface area contributed by atoms with E-state index in [0.29, 0.717) is 10.5 Å². The van der Waals surface area contributed by atoms with Gasteiger partial charge in [-0.3, -0.25) is 9.20 Å². The highest BCUT2D eigenvalue weighted by molar-refractivity contribution is 7.98. The van der Waals surface area contributed by atoms with Crippen molar-refractivity contribution >= 4 is 51.5 Å². The van der Waals surface area contributed by atoms with Gasteiger partial charge in [-0.25, -0.2) is 14.6 Å². The van der Waals surface area contributed by atoms with E-state index in [9.17, 15) is 24.6 Å². The minimum absolute atomic E-state index is 0.0214. The number of nitrogens with zero attached hydrogens (tertiary/aromatic N) is 3. The van der Waals surface area contributed by atoms with Gasteiger partial charge in [-0.2, -0.15) is 0 Å². The second kappa shape index (κ2) is 10.4. The van der Waals surface area contributed by atoms with Crippen molar-refractivity contribution in [2.24, 2.45) is 11.3 Å². The number of amides is 1. The highest BCUT2D eigenvalue weighted by Gasteiger charge is 2.66. The number of carbonyl (C=O) groups is 3. The van der Waals surface area contributed by atoms with Crippen molar-refractivity contribution in [2.45, 2.75) is 63.6 Å². The number of carboxylic acids is 1. The molecule has 4 atom stereocenters. The van der Waals surface area contributed by atoms with E-state index in [1.165, 1.54) is 34.9 Å². The fraction of sp³-hybridized carbons (Fsp3) is 0.583. The fourth-order valence-electron chi connectivity index (χ4n) is 5.26. The van der Waals surface area contributed by atoms with Gasteiger partial charge in [-0.05, 0) is 26.0 Å². The van der Waals surface area contributed by atoms with E-state index in [0.717, 1.165) is 29.1 Å². The van der Waals surface area contributed by atoms with E-state index in [-0.39, 0.29) is 25.3 Å². The molecule has 2 N–H and O–H groups in total. The molecule has 0 aliphatic carbocycles. The average Bonchev–Trinajstić information content (AvgIpc) is 3.45. The maximum absolute atomic E-state index is 13.0. The first-order chi connectivity index (χ1) is 17.2. The number of aromatic nitrogens is 2. The fourth-order valence-corrected chi connectivity index (χ4v) is 7.22. The van der Waals surface area contributed by atoms with Crippen LogP contribution in [-0.2, 0) is 19.1 Å². The standard InChI is InChI=1S/C24H31N3O7S2/c1-5-6-7-9-33-23(32)34-10-8-24(3)16(14-11-26-12-25-19(35-4)21(26)36-14)17(22(30)31)27-18(24)15(13(2)28)20(27)29/h11-13,15,18,28H,5-10H2,1-4H3,(H,30,31)/t13-,15-,18-,24+/m1/s1. The lowest BCUT2D eigenvalue weighted by Gasteiger charge is -2.50. The van der Waals surface area contributed by atoms with E-state index < -0.39 is 41.5 Å². The molecule has 1 saturated heterocycles. The summed E-state index contributed by atoms with van der Waals surface area (Å²) in [6.45, 7) is 5.72. The molecule has 4 heterocycles. The Kier molecular flexibility index (Phi) is 7.67. The van der Waals surface area contributed by atoms with Crippen LogP contribution in [0.25, 0.3) is 10.4 Å². The molecule has 0 aromatic carbocycles. The molecule has 0 saturated carbocycles. The van der Waals surface area contributed by atoms with Crippen LogP contribution in [0.5, 0.6) is 0 Å². The smallest absolute Gasteiger partial charge is 0.477 e. The molecule has 1 fully saturated rings. The molecule has 0 unspecified atom stereocenters. The number of imidazole rings is 1. The third-order valence-corrected chi connectivity index (χ3v) is 8.94. The van der Waals surface area contributed by atoms with E-state index in [1.54, 1.807) is 6.33 Å². The number of carboxylic acid groups (broad SMARTS) is 1. The van der Waals surface area contributed by atoms with Crippen LogP contribution in [0.2, 0.25) is 0 Å². The van der Waals surface area contributed by atoms with E-state index >= 15 is 0 Å². The van der Waals surface area contributed by atoms with Gasteiger partial charge < -0.3 is 24.6 Å². The molecular formula is C24H31N3O7S2. The number of β-lactam (4-membered cyclic amide) rings is 1. The van der Waals surface area contributed by atoms with Gasteiger partial charge in [0.15, 0.2) is 0 Å². The number of fused-ring (bicyclic) bond motifs is 2. The van der Waals surface area contributed by atoms with Crippen molar-refractivity contribution < 1.29 is 34.1 Å². The first kappa shape index (κ1) is 26.5. The summed E-state index contributed by atoms with van der Waals surface area (Å²) in [5.74, 6) is -2.38. The number of rotatable bonds is 11. The molecule has 0 bridgehead atoms. The number of unbranched alkanes of at least 4 members (excludes halogenated alkanes) is 2. The summed E-state index contributed by atoms with van der Waals surface area (Å²) >= 11 is 2.89. The molecule has 0 spiro atoms. The first-order valence-corrected chi connectivity index (χ1v) is 14.0. The Balaban J connectivity index is 1.67. The minimum atomic E-state index is -1.21. The maximum Gasteiger partial charge on any atom is 0.508 e. The first-order valence-electron chi connectivity index (χ1n) is 11.9. The minimum Gasteiger partial charge on any atom is -0.477 e. The van der Waals surface area contributed by atoms with Gasteiger partial charge in [0.25, 0.3) is 0 Å². The number of ether oxygens (including phenoxy) is 2. The monoisotopic (exact) mass is 537 g/mol. The van der Waals surface area contributed by atoms with Gasteiger partial charge in [0.1, 0.15) is 21.9 Å². The number of aliphatic hydroxyl groups is 1. The normalized spacial score (nSPS) is 24.1. The molecule has 2 aliphatic rings. The Hall–Kier alpha value is -2.57. The molecule has 2 aromatic heterocycles. The number of thiazole rings is 1. The number of hydrogen-bond acceptors (Lipinski definition) is 9. The Bertz CT molecular complexity index is 1200. The van der Waals surface area contributed by atoms with Crippen molar-refractivity contribution in [3.05, 3.63) is 23.1 Å². The number of hydrogen-bond donors (Lipinski definition) is 2. The van der Waals surface area contributed by atoms with Crippen molar-refractivity contribution in [3.63, 3.8) is 0 Å². The molecule has 2 aromatic rings. The van der Waals surface area contributed by atoms with Crippen LogP contribution in [0.1, 0.15) is 51.3 Å². The summed E-state index contributed by atoms with van der Waals surface area (Å²) in [5, 5.41) is 21.4. The van der Waals surface area contributed by atoms with Crippen LogP contribution in [0.15, 0.2) is 23.2 Å². The molecule has 0 radical (unpaired) electrons. The summed E-state index contributed by atoms with van der Waals surface area (Å²) < 4.78 is 12.3. The summed E-state index contributed by atoms with van der Waals surface area (Å²) in [7, 11) is 0. The predicted octanol–water partition coefficient (Wildman–Crippen LogP) is 3.87. The number of thioether (sulfide) groups is 1. The van der Waals surface area contributed by atoms with Gasteiger partial charge >= 0.3 is 12.1 Å². The third kappa shape index (κ3) is 4.39. The van der Waals surface area contributed by atoms with Crippen LogP contribution >= 0.6 is 23.1 Å². The maximum atomic E-state index is 13.0. The number of carbonyl (C=O) groups excluding carboxylic acids is 2. The highest BCUT2D eigenvalue weighted by Crippen LogP contribution is 2.60. The van der Waals surface area contributed by atoms with Gasteiger partial charge in [0.2, 0.25) is 5.91 Å². The molecule has 196 valence electrons. The van der Waals surface area contributed by atoms with Gasteiger partial charge in [0.05, 0.1) is 36.2 Å². The van der Waals surface area contributed by atoms with Crippen molar-refractivity contribution in [3.8, 4) is 0 Å². The van der Waals surface area contributed by atoms with E-state index in [2.05, 4.69) is 11.9 Å². The largest absolute Gasteiger partial charge is 0.508 e. The number of aliphatic carboxylic acids is 1. The molecule has 1 amide bonds. The molecule has 10 nitrogen and oxygen atoms in total. The van der Waals surface area contributed by atoms with Crippen LogP contribution in [-0.4, -0.2) is 74.1 Å². The SMILES string of the molecule is CCCCCOC(=O)OCC[C@@]1(C)C(c2cn3cnc(SC)c3s2)=C(C(=O)O)N2C(=O)[C@H]([C@@H](C)O)[C@@H]21. The predicted molar refractivity (Wildman–Crippen MR) is 135 cm³/mol. The zero-order valence-electron chi connectivity index (χ0n) is 20.7. The van der Waals surface area contributed by atoms with Crippen molar-refractivity contribution in [1.82, 2.24) is 14.3 Å². The topological polar surface area (TPSA) is 131 Å². The molecule has 2 aliphatic heterocycles.